The molecule has 11 nitrogen and oxygen atoms in total. The van der Waals surface area contributed by atoms with Gasteiger partial charge in [-0.2, -0.15) is 9.78 Å². The first-order chi connectivity index (χ1) is 15.6. The molecular formula is C21H19BrN4O7. The lowest BCUT2D eigenvalue weighted by molar-refractivity contribution is -0.385. The van der Waals surface area contributed by atoms with E-state index in [1.807, 2.05) is 13.8 Å². The van der Waals surface area contributed by atoms with Crippen LogP contribution in [-0.2, 0) is 4.79 Å². The van der Waals surface area contributed by atoms with E-state index in [2.05, 4.69) is 26.0 Å². The average molecular weight is 519 g/mol. The molecule has 0 aliphatic rings. The van der Waals surface area contributed by atoms with Crippen molar-refractivity contribution in [3.8, 4) is 11.5 Å². The van der Waals surface area contributed by atoms with Gasteiger partial charge in [-0.1, -0.05) is 29.8 Å². The molecular weight excluding hydrogens is 500 g/mol. The van der Waals surface area contributed by atoms with Gasteiger partial charge in [0.1, 0.15) is 5.82 Å². The zero-order chi connectivity index (χ0) is 24.3. The highest BCUT2D eigenvalue weighted by atomic mass is 79.9. The lowest BCUT2D eigenvalue weighted by atomic mass is 10.1. The second-order valence-electron chi connectivity index (χ2n) is 7.16. The number of aliphatic carboxylic acids is 1. The highest BCUT2D eigenvalue weighted by Crippen LogP contribution is 2.38. The van der Waals surface area contributed by atoms with Crippen LogP contribution in [0.1, 0.15) is 31.2 Å². The molecule has 0 atom stereocenters. The molecule has 0 bridgehead atoms. The Morgan fingerprint density at radius 1 is 1.36 bits per heavy atom. The number of nitrogens with zero attached hydrogens (tertiary/aromatic N) is 4. The van der Waals surface area contributed by atoms with Gasteiger partial charge >= 0.3 is 11.7 Å². The molecule has 2 aromatic carbocycles. The molecule has 1 aromatic heterocycles. The fourth-order valence-corrected chi connectivity index (χ4v) is 3.39. The molecule has 0 aliphatic carbocycles. The summed E-state index contributed by atoms with van der Waals surface area (Å²) in [6, 6.07) is 7.69. The number of ether oxygens (including phenoxy) is 2. The summed E-state index contributed by atoms with van der Waals surface area (Å²) in [4.78, 5) is 39.3. The predicted octanol–water partition coefficient (Wildman–Crippen LogP) is 3.54. The summed E-state index contributed by atoms with van der Waals surface area (Å²) in [5.41, 5.74) is -0.147. The Kier molecular flexibility index (Phi) is 7.07. The molecule has 0 spiro atoms. The summed E-state index contributed by atoms with van der Waals surface area (Å²) in [7, 11) is 1.26. The van der Waals surface area contributed by atoms with E-state index in [1.165, 1.54) is 19.4 Å². The van der Waals surface area contributed by atoms with Gasteiger partial charge in [-0.3, -0.25) is 14.9 Å². The van der Waals surface area contributed by atoms with Gasteiger partial charge in [0.25, 0.3) is 5.56 Å². The number of carboxylic acids is 1. The highest BCUT2D eigenvalue weighted by molar-refractivity contribution is 9.10. The molecule has 0 fully saturated rings. The predicted molar refractivity (Wildman–Crippen MR) is 124 cm³/mol. The Labute approximate surface area is 195 Å². The average Bonchev–Trinajstić information content (AvgIpc) is 2.76. The molecule has 0 saturated heterocycles. The minimum atomic E-state index is -1.30. The SMILES string of the molecule is COc1cc(C=Nn2c(C(C)C)nc3ccc(Br)cc3c2=O)cc([N+](=O)[O-])c1OCC(=O)O. The number of carbonyl (C=O) groups is 1. The Bertz CT molecular complexity index is 1330. The number of fused-ring (bicyclic) bond motifs is 1. The molecule has 0 amide bonds. The number of methoxy groups -OCH3 is 1. The number of aromatic nitrogens is 2. The number of rotatable bonds is 8. The third kappa shape index (κ3) is 5.17. The van der Waals surface area contributed by atoms with Gasteiger partial charge in [0.2, 0.25) is 5.75 Å². The molecule has 172 valence electrons. The number of hydrogen-bond donors (Lipinski definition) is 1. The Hall–Kier alpha value is -3.80. The summed E-state index contributed by atoms with van der Waals surface area (Å²) in [6.45, 7) is 2.94. The van der Waals surface area contributed by atoms with Gasteiger partial charge in [-0.25, -0.2) is 9.78 Å². The van der Waals surface area contributed by atoms with E-state index in [-0.39, 0.29) is 23.0 Å². The first-order valence-electron chi connectivity index (χ1n) is 9.60. The molecule has 33 heavy (non-hydrogen) atoms. The normalized spacial score (nSPS) is 11.3. The van der Waals surface area contributed by atoms with Gasteiger partial charge in [0, 0.05) is 22.0 Å². The minimum Gasteiger partial charge on any atom is -0.493 e. The number of hydrogen-bond acceptors (Lipinski definition) is 8. The largest absolute Gasteiger partial charge is 0.493 e. The van der Waals surface area contributed by atoms with Crippen LogP contribution in [0.3, 0.4) is 0 Å². The molecule has 0 radical (unpaired) electrons. The molecule has 1 heterocycles. The number of nitro benzene ring substituents is 1. The molecule has 3 aromatic rings. The van der Waals surface area contributed by atoms with Crippen molar-refractivity contribution in [2.24, 2.45) is 5.10 Å². The van der Waals surface area contributed by atoms with E-state index in [9.17, 15) is 19.7 Å². The van der Waals surface area contributed by atoms with E-state index < -0.39 is 28.7 Å². The van der Waals surface area contributed by atoms with Gasteiger partial charge in [0.05, 0.1) is 29.2 Å². The Morgan fingerprint density at radius 3 is 2.70 bits per heavy atom. The van der Waals surface area contributed by atoms with Crippen molar-refractivity contribution in [3.63, 3.8) is 0 Å². The van der Waals surface area contributed by atoms with Crippen molar-refractivity contribution in [2.75, 3.05) is 13.7 Å². The highest BCUT2D eigenvalue weighted by Gasteiger charge is 2.23. The summed E-state index contributed by atoms with van der Waals surface area (Å²) >= 11 is 3.34. The smallest absolute Gasteiger partial charge is 0.341 e. The molecule has 0 saturated carbocycles. The first kappa shape index (κ1) is 23.9. The summed E-state index contributed by atoms with van der Waals surface area (Å²) in [5.74, 6) is -1.40. The van der Waals surface area contributed by atoms with Gasteiger partial charge in [-0.05, 0) is 24.3 Å². The first-order valence-corrected chi connectivity index (χ1v) is 10.4. The van der Waals surface area contributed by atoms with Crippen molar-refractivity contribution in [2.45, 2.75) is 19.8 Å². The van der Waals surface area contributed by atoms with Crippen molar-refractivity contribution in [1.29, 1.82) is 0 Å². The Balaban J connectivity index is 2.14. The number of nitro groups is 1. The maximum Gasteiger partial charge on any atom is 0.341 e. The summed E-state index contributed by atoms with van der Waals surface area (Å²) in [6.07, 6.45) is 1.26. The molecule has 0 aliphatic heterocycles. The van der Waals surface area contributed by atoms with Crippen LogP contribution in [0.25, 0.3) is 10.9 Å². The third-order valence-electron chi connectivity index (χ3n) is 4.49. The maximum atomic E-state index is 13.1. The van der Waals surface area contributed by atoms with Crippen molar-refractivity contribution >= 4 is 44.7 Å². The molecule has 0 unspecified atom stereocenters. The van der Waals surface area contributed by atoms with E-state index in [0.29, 0.717) is 21.2 Å². The number of benzene rings is 2. The lowest BCUT2D eigenvalue weighted by Crippen LogP contribution is -2.23. The van der Waals surface area contributed by atoms with Gasteiger partial charge in [0.15, 0.2) is 12.4 Å². The van der Waals surface area contributed by atoms with Gasteiger partial charge < -0.3 is 14.6 Å². The summed E-state index contributed by atoms with van der Waals surface area (Å²) < 4.78 is 12.0. The van der Waals surface area contributed by atoms with Crippen LogP contribution in [0.5, 0.6) is 11.5 Å². The van der Waals surface area contributed by atoms with Crippen molar-refractivity contribution < 1.29 is 24.3 Å². The topological polar surface area (TPSA) is 146 Å². The van der Waals surface area contributed by atoms with Crippen LogP contribution in [0, 0.1) is 10.1 Å². The second kappa shape index (κ2) is 9.77. The Morgan fingerprint density at radius 2 is 2.09 bits per heavy atom. The van der Waals surface area contributed by atoms with Crippen LogP contribution in [-0.4, -0.2) is 45.6 Å². The van der Waals surface area contributed by atoms with E-state index in [1.54, 1.807) is 18.2 Å². The molecule has 12 heteroatoms. The standard InChI is InChI=1S/C21H19BrN4O7/c1-11(2)20-24-15-5-4-13(22)8-14(15)21(29)25(20)23-9-12-6-16(26(30)31)19(17(7-12)32-3)33-10-18(27)28/h4-9,11H,10H2,1-3H3,(H,27,28). The van der Waals surface area contributed by atoms with E-state index in [0.717, 1.165) is 10.7 Å². The van der Waals surface area contributed by atoms with E-state index in [4.69, 9.17) is 14.6 Å². The van der Waals surface area contributed by atoms with Crippen LogP contribution >= 0.6 is 15.9 Å². The van der Waals surface area contributed by atoms with Crippen LogP contribution in [0.4, 0.5) is 5.69 Å². The monoisotopic (exact) mass is 518 g/mol. The zero-order valence-corrected chi connectivity index (χ0v) is 19.4. The number of carboxylic acid groups (broad SMARTS) is 1. The fourth-order valence-electron chi connectivity index (χ4n) is 3.02. The van der Waals surface area contributed by atoms with Crippen molar-refractivity contribution in [1.82, 2.24) is 9.66 Å². The number of halogens is 1. The second-order valence-corrected chi connectivity index (χ2v) is 8.07. The van der Waals surface area contributed by atoms with Crippen molar-refractivity contribution in [3.05, 3.63) is 66.7 Å². The zero-order valence-electron chi connectivity index (χ0n) is 17.8. The molecule has 1 N–H and O–H groups in total. The van der Waals surface area contributed by atoms with Crippen LogP contribution in [0.2, 0.25) is 0 Å². The maximum absolute atomic E-state index is 13.1. The quantitative estimate of drug-likeness (QED) is 0.270. The minimum absolute atomic E-state index is 0.0519. The summed E-state index contributed by atoms with van der Waals surface area (Å²) in [5, 5.41) is 25.0. The van der Waals surface area contributed by atoms with Crippen LogP contribution in [0.15, 0.2) is 44.7 Å². The van der Waals surface area contributed by atoms with E-state index >= 15 is 0 Å². The lowest BCUT2D eigenvalue weighted by Gasteiger charge is -2.12. The third-order valence-corrected chi connectivity index (χ3v) is 4.98. The fraction of sp³-hybridized carbons (Fsp3) is 0.238. The van der Waals surface area contributed by atoms with Gasteiger partial charge in [-0.15, -0.1) is 0 Å². The van der Waals surface area contributed by atoms with Crippen LogP contribution < -0.4 is 15.0 Å². The molecule has 3 rings (SSSR count).